The van der Waals surface area contributed by atoms with Gasteiger partial charge in [0, 0.05) is 39.3 Å². The normalized spacial score (nSPS) is 18.5. The molecule has 2 N–H and O–H groups in total. The fourth-order valence-electron chi connectivity index (χ4n) is 4.21. The summed E-state index contributed by atoms with van der Waals surface area (Å²) in [7, 11) is -7.18. The topological polar surface area (TPSA) is 124 Å². The van der Waals surface area contributed by atoms with Gasteiger partial charge in [0.15, 0.2) is 0 Å². The van der Waals surface area contributed by atoms with Gasteiger partial charge in [-0.25, -0.2) is 21.6 Å². The summed E-state index contributed by atoms with van der Waals surface area (Å²) in [6.45, 7) is 4.07. The van der Waals surface area contributed by atoms with E-state index < -0.39 is 32.2 Å². The number of alkyl halides is 3. The van der Waals surface area contributed by atoms with Gasteiger partial charge >= 0.3 is 12.1 Å². The molecule has 14 heteroatoms. The third-order valence-corrected chi connectivity index (χ3v) is 10.1. The molecule has 2 fully saturated rings. The van der Waals surface area contributed by atoms with E-state index in [0.29, 0.717) is 32.1 Å². The highest BCUT2D eigenvalue weighted by Crippen LogP contribution is 2.33. The molecule has 1 aliphatic carbocycles. The Morgan fingerprint density at radius 3 is 2.06 bits per heavy atom. The van der Waals surface area contributed by atoms with Crippen LogP contribution in [0.3, 0.4) is 0 Å². The minimum absolute atomic E-state index is 0.0323. The van der Waals surface area contributed by atoms with Crippen LogP contribution in [0.2, 0.25) is 0 Å². The number of halogens is 3. The molecule has 1 aliphatic heterocycles. The molecule has 0 atom stereocenters. The summed E-state index contributed by atoms with van der Waals surface area (Å²) in [6, 6.07) is 7.20. The Morgan fingerprint density at radius 2 is 1.58 bits per heavy atom. The van der Waals surface area contributed by atoms with Crippen LogP contribution in [0.5, 0.6) is 0 Å². The van der Waals surface area contributed by atoms with Crippen LogP contribution in [0.25, 0.3) is 0 Å². The van der Waals surface area contributed by atoms with Gasteiger partial charge < -0.3 is 10.4 Å². The monoisotopic (exact) mass is 557 g/mol. The molecule has 9 nitrogen and oxygen atoms in total. The van der Waals surface area contributed by atoms with Gasteiger partial charge in [0.1, 0.15) is 0 Å². The molecule has 1 aromatic rings. The number of sulfonamides is 2. The van der Waals surface area contributed by atoms with Crippen molar-refractivity contribution < 1.29 is 39.9 Å². The van der Waals surface area contributed by atoms with Gasteiger partial charge in [-0.15, -0.1) is 0 Å². The highest BCUT2D eigenvalue weighted by atomic mass is 32.2. The van der Waals surface area contributed by atoms with Crippen molar-refractivity contribution >= 4 is 26.0 Å². The molecule has 1 saturated carbocycles. The van der Waals surface area contributed by atoms with E-state index in [1.807, 2.05) is 12.1 Å². The van der Waals surface area contributed by atoms with Crippen molar-refractivity contribution in [2.24, 2.45) is 0 Å². The highest BCUT2D eigenvalue weighted by molar-refractivity contribution is 7.90. The number of nitrogens with one attached hydrogen (secondary N) is 1. The maximum Gasteiger partial charge on any atom is 0.490 e. The maximum atomic E-state index is 13.1. The Balaban J connectivity index is 0.000000572. The zero-order valence-electron chi connectivity index (χ0n) is 20.2. The van der Waals surface area contributed by atoms with Gasteiger partial charge in [-0.05, 0) is 36.5 Å². The number of rotatable bonds is 8. The number of carbonyl (C=O) groups is 1. The highest BCUT2D eigenvalue weighted by Gasteiger charge is 2.38. The molecular formula is C22H34F3N3O6S2. The molecule has 1 saturated heterocycles. The molecule has 0 radical (unpaired) electrons. The SMILES string of the molecule is CCN(CCS(=O)(=O)N1CCNCC1)S(=O)(=O)c1ccc(C2CCCCC2)cc1.O=C(O)C(F)(F)F. The molecule has 0 aromatic heterocycles. The number of nitrogens with zero attached hydrogens (tertiary/aromatic N) is 2. The minimum Gasteiger partial charge on any atom is -0.475 e. The van der Waals surface area contributed by atoms with Crippen LogP contribution in [0.15, 0.2) is 29.2 Å². The van der Waals surface area contributed by atoms with Gasteiger partial charge in [0.25, 0.3) is 0 Å². The molecule has 1 aromatic carbocycles. The van der Waals surface area contributed by atoms with Gasteiger partial charge in [0.05, 0.1) is 10.6 Å². The van der Waals surface area contributed by atoms with E-state index in [2.05, 4.69) is 5.32 Å². The predicted octanol–water partition coefficient (Wildman–Crippen LogP) is 2.61. The number of aliphatic carboxylic acids is 1. The molecule has 3 rings (SSSR count). The quantitative estimate of drug-likeness (QED) is 0.504. The van der Waals surface area contributed by atoms with Gasteiger partial charge in [-0.2, -0.15) is 21.8 Å². The molecule has 36 heavy (non-hydrogen) atoms. The van der Waals surface area contributed by atoms with E-state index in [0.717, 1.165) is 12.8 Å². The van der Waals surface area contributed by atoms with Crippen molar-refractivity contribution in [3.05, 3.63) is 29.8 Å². The average molecular weight is 558 g/mol. The smallest absolute Gasteiger partial charge is 0.475 e. The number of piperazine rings is 1. The molecule has 0 amide bonds. The largest absolute Gasteiger partial charge is 0.490 e. The Hall–Kier alpha value is -1.74. The van der Waals surface area contributed by atoms with E-state index in [1.54, 1.807) is 19.1 Å². The number of hydrogen-bond donors (Lipinski definition) is 2. The first-order chi connectivity index (χ1) is 16.8. The van der Waals surface area contributed by atoms with Crippen molar-refractivity contribution in [2.75, 3.05) is 45.0 Å². The zero-order valence-corrected chi connectivity index (χ0v) is 21.8. The Morgan fingerprint density at radius 1 is 1.06 bits per heavy atom. The van der Waals surface area contributed by atoms with E-state index in [9.17, 15) is 30.0 Å². The van der Waals surface area contributed by atoms with Crippen molar-refractivity contribution in [3.63, 3.8) is 0 Å². The first-order valence-electron chi connectivity index (χ1n) is 11.9. The van der Waals surface area contributed by atoms with E-state index in [4.69, 9.17) is 9.90 Å². The second kappa shape index (κ2) is 13.2. The van der Waals surface area contributed by atoms with Crippen LogP contribution >= 0.6 is 0 Å². The van der Waals surface area contributed by atoms with E-state index in [-0.39, 0.29) is 23.7 Å². The summed E-state index contributed by atoms with van der Waals surface area (Å²) in [4.78, 5) is 9.13. The van der Waals surface area contributed by atoms with Gasteiger partial charge in [-0.3, -0.25) is 0 Å². The van der Waals surface area contributed by atoms with Crippen molar-refractivity contribution in [2.45, 2.75) is 56.0 Å². The lowest BCUT2D eigenvalue weighted by Crippen LogP contribution is -2.48. The lowest BCUT2D eigenvalue weighted by molar-refractivity contribution is -0.192. The molecule has 0 spiro atoms. The Kier molecular flexibility index (Phi) is 11.2. The van der Waals surface area contributed by atoms with E-state index in [1.165, 1.54) is 33.4 Å². The predicted molar refractivity (Wildman–Crippen MR) is 129 cm³/mol. The summed E-state index contributed by atoms with van der Waals surface area (Å²) in [6.07, 6.45) is 0.991. The summed E-state index contributed by atoms with van der Waals surface area (Å²) in [5.74, 6) is -2.43. The van der Waals surface area contributed by atoms with Crippen LogP contribution in [-0.2, 0) is 24.8 Å². The first kappa shape index (κ1) is 30.5. The average Bonchev–Trinajstić information content (AvgIpc) is 2.85. The fraction of sp³-hybridized carbons (Fsp3) is 0.682. The van der Waals surface area contributed by atoms with Crippen LogP contribution in [-0.4, -0.2) is 87.7 Å². The summed E-state index contributed by atoms with van der Waals surface area (Å²) >= 11 is 0. The van der Waals surface area contributed by atoms with Crippen molar-refractivity contribution in [3.8, 4) is 0 Å². The number of hydrogen-bond acceptors (Lipinski definition) is 6. The van der Waals surface area contributed by atoms with Crippen LogP contribution in [0, 0.1) is 0 Å². The number of carboxylic acids is 1. The Labute approximate surface area is 210 Å². The molecule has 1 heterocycles. The molecule has 0 bridgehead atoms. The third-order valence-electron chi connectivity index (χ3n) is 6.26. The van der Waals surface area contributed by atoms with Crippen molar-refractivity contribution in [1.82, 2.24) is 13.9 Å². The number of carboxylic acid groups (broad SMARTS) is 1. The van der Waals surface area contributed by atoms with Crippen LogP contribution in [0.4, 0.5) is 13.2 Å². The van der Waals surface area contributed by atoms with Crippen LogP contribution < -0.4 is 5.32 Å². The van der Waals surface area contributed by atoms with Gasteiger partial charge in [-0.1, -0.05) is 38.3 Å². The summed E-state index contributed by atoms with van der Waals surface area (Å²) in [5.41, 5.74) is 1.20. The number of benzene rings is 1. The molecule has 2 aliphatic rings. The van der Waals surface area contributed by atoms with Gasteiger partial charge in [0.2, 0.25) is 20.0 Å². The lowest BCUT2D eigenvalue weighted by atomic mass is 9.84. The minimum atomic E-state index is -5.08. The van der Waals surface area contributed by atoms with Crippen LogP contribution in [0.1, 0.15) is 50.5 Å². The zero-order chi connectivity index (χ0) is 27.0. The van der Waals surface area contributed by atoms with E-state index >= 15 is 0 Å². The molecule has 0 unspecified atom stereocenters. The molecule has 206 valence electrons. The first-order valence-corrected chi connectivity index (χ1v) is 14.9. The second-order valence-electron chi connectivity index (χ2n) is 8.67. The third kappa shape index (κ3) is 8.68. The maximum absolute atomic E-state index is 13.1. The lowest BCUT2D eigenvalue weighted by Gasteiger charge is -2.28. The Bertz CT molecular complexity index is 1050. The van der Waals surface area contributed by atoms with Crippen molar-refractivity contribution in [1.29, 1.82) is 0 Å². The summed E-state index contributed by atoms with van der Waals surface area (Å²) in [5, 5.41) is 10.2. The standard InChI is InChI=1S/C20H33N3O4S2.C2HF3O2/c1-2-22(16-17-28(24,25)23-14-12-21-13-15-23)29(26,27)20-10-8-19(9-11-20)18-6-4-3-5-7-18;3-2(4,5)1(6)7/h8-11,18,21H,2-7,12-17H2,1H3;(H,6,7). The molecular weight excluding hydrogens is 523 g/mol. The second-order valence-corrected chi connectivity index (χ2v) is 12.7. The summed E-state index contributed by atoms with van der Waals surface area (Å²) < 4.78 is 85.7. The fourth-order valence-corrected chi connectivity index (χ4v) is 7.23.